The number of anilines is 1. The maximum atomic E-state index is 11.6. The smallest absolute Gasteiger partial charge is 0.269 e. The Bertz CT molecular complexity index is 441. The van der Waals surface area contributed by atoms with Gasteiger partial charge in [-0.05, 0) is 44.0 Å². The van der Waals surface area contributed by atoms with E-state index >= 15 is 0 Å². The predicted octanol–water partition coefficient (Wildman–Crippen LogP) is 1.27. The zero-order valence-electron chi connectivity index (χ0n) is 12.4. The summed E-state index contributed by atoms with van der Waals surface area (Å²) in [6.07, 6.45) is 4.11. The van der Waals surface area contributed by atoms with Crippen molar-refractivity contribution in [3.63, 3.8) is 0 Å². The standard InChI is InChI=1S/C15H24N4O/c1-3-17-11-12-5-8-19(9-6-12)13-4-7-18-14(10-13)15(20)16-2/h4,7,10,12,17H,3,5-6,8-9,11H2,1-2H3,(H,16,20). The first-order valence-electron chi connectivity index (χ1n) is 7.38. The van der Waals surface area contributed by atoms with Crippen molar-refractivity contribution in [1.29, 1.82) is 0 Å². The Morgan fingerprint density at radius 2 is 2.20 bits per heavy atom. The Labute approximate surface area is 120 Å². The van der Waals surface area contributed by atoms with Crippen LogP contribution in [0.4, 0.5) is 5.69 Å². The Hall–Kier alpha value is -1.62. The number of amides is 1. The molecule has 0 atom stereocenters. The number of nitrogens with one attached hydrogen (secondary N) is 2. The molecule has 1 aromatic rings. The van der Waals surface area contributed by atoms with Gasteiger partial charge in [-0.1, -0.05) is 6.92 Å². The molecule has 1 amide bonds. The number of hydrogen-bond donors (Lipinski definition) is 2. The third kappa shape index (κ3) is 3.70. The Morgan fingerprint density at radius 1 is 1.45 bits per heavy atom. The van der Waals surface area contributed by atoms with Crippen LogP contribution < -0.4 is 15.5 Å². The highest BCUT2D eigenvalue weighted by molar-refractivity contribution is 5.92. The van der Waals surface area contributed by atoms with Crippen LogP contribution in [0.25, 0.3) is 0 Å². The molecule has 1 aliphatic heterocycles. The van der Waals surface area contributed by atoms with Crippen molar-refractivity contribution in [3.05, 3.63) is 24.0 Å². The number of rotatable bonds is 5. The van der Waals surface area contributed by atoms with Crippen LogP contribution in [0, 0.1) is 5.92 Å². The average Bonchev–Trinajstić information content (AvgIpc) is 2.52. The van der Waals surface area contributed by atoms with Gasteiger partial charge in [0.2, 0.25) is 0 Å². The van der Waals surface area contributed by atoms with E-state index in [0.29, 0.717) is 5.69 Å². The van der Waals surface area contributed by atoms with Gasteiger partial charge in [-0.2, -0.15) is 0 Å². The van der Waals surface area contributed by atoms with Crippen LogP contribution in [-0.4, -0.2) is 44.1 Å². The first kappa shape index (κ1) is 14.8. The van der Waals surface area contributed by atoms with Crippen molar-refractivity contribution < 1.29 is 4.79 Å². The lowest BCUT2D eigenvalue weighted by Crippen LogP contribution is -2.37. The fourth-order valence-corrected chi connectivity index (χ4v) is 2.61. The Balaban J connectivity index is 1.95. The van der Waals surface area contributed by atoms with Crippen LogP contribution >= 0.6 is 0 Å². The van der Waals surface area contributed by atoms with E-state index in [9.17, 15) is 4.79 Å². The number of aromatic nitrogens is 1. The van der Waals surface area contributed by atoms with Gasteiger partial charge in [0.25, 0.3) is 5.91 Å². The molecule has 0 aromatic carbocycles. The number of pyridine rings is 1. The highest BCUT2D eigenvalue weighted by Gasteiger charge is 2.19. The highest BCUT2D eigenvalue weighted by Crippen LogP contribution is 2.23. The van der Waals surface area contributed by atoms with E-state index in [4.69, 9.17) is 0 Å². The number of nitrogens with zero attached hydrogens (tertiary/aromatic N) is 2. The molecule has 2 rings (SSSR count). The second kappa shape index (κ2) is 7.24. The topological polar surface area (TPSA) is 57.3 Å². The van der Waals surface area contributed by atoms with Gasteiger partial charge in [-0.3, -0.25) is 9.78 Å². The molecule has 1 aliphatic rings. The van der Waals surface area contributed by atoms with Gasteiger partial charge in [0.15, 0.2) is 0 Å². The maximum absolute atomic E-state index is 11.6. The quantitative estimate of drug-likeness (QED) is 0.850. The lowest BCUT2D eigenvalue weighted by Gasteiger charge is -2.33. The lowest BCUT2D eigenvalue weighted by atomic mass is 9.96. The SMILES string of the molecule is CCNCC1CCN(c2ccnc(C(=O)NC)c2)CC1. The van der Waals surface area contributed by atoms with Gasteiger partial charge < -0.3 is 15.5 Å². The summed E-state index contributed by atoms with van der Waals surface area (Å²) in [4.78, 5) is 18.1. The van der Waals surface area contributed by atoms with Crippen LogP contribution in [0.5, 0.6) is 0 Å². The van der Waals surface area contributed by atoms with Crippen molar-refractivity contribution in [2.24, 2.45) is 5.92 Å². The van der Waals surface area contributed by atoms with Gasteiger partial charge in [0.1, 0.15) is 5.69 Å². The molecule has 0 radical (unpaired) electrons. The molecular weight excluding hydrogens is 252 g/mol. The summed E-state index contributed by atoms with van der Waals surface area (Å²) >= 11 is 0. The zero-order chi connectivity index (χ0) is 14.4. The monoisotopic (exact) mass is 276 g/mol. The van der Waals surface area contributed by atoms with E-state index in [2.05, 4.69) is 27.4 Å². The summed E-state index contributed by atoms with van der Waals surface area (Å²) < 4.78 is 0. The number of carbonyl (C=O) groups is 1. The molecule has 110 valence electrons. The molecule has 20 heavy (non-hydrogen) atoms. The maximum Gasteiger partial charge on any atom is 0.269 e. The summed E-state index contributed by atoms with van der Waals surface area (Å²) in [7, 11) is 1.63. The van der Waals surface area contributed by atoms with Crippen LogP contribution in [0.3, 0.4) is 0 Å². The van der Waals surface area contributed by atoms with E-state index in [1.165, 1.54) is 12.8 Å². The van der Waals surface area contributed by atoms with Gasteiger partial charge in [-0.25, -0.2) is 0 Å². The number of carbonyl (C=O) groups excluding carboxylic acids is 1. The molecule has 0 spiro atoms. The molecule has 1 aromatic heterocycles. The fourth-order valence-electron chi connectivity index (χ4n) is 2.61. The molecule has 1 fully saturated rings. The minimum atomic E-state index is -0.131. The summed E-state index contributed by atoms with van der Waals surface area (Å²) in [5.41, 5.74) is 1.58. The van der Waals surface area contributed by atoms with E-state index in [1.807, 2.05) is 12.1 Å². The van der Waals surface area contributed by atoms with Crippen molar-refractivity contribution in [2.75, 3.05) is 38.1 Å². The molecule has 0 bridgehead atoms. The van der Waals surface area contributed by atoms with Crippen molar-refractivity contribution in [1.82, 2.24) is 15.6 Å². The summed E-state index contributed by atoms with van der Waals surface area (Å²) in [5.74, 6) is 0.639. The minimum absolute atomic E-state index is 0.131. The van der Waals surface area contributed by atoms with Crippen molar-refractivity contribution in [3.8, 4) is 0 Å². The van der Waals surface area contributed by atoms with Gasteiger partial charge >= 0.3 is 0 Å². The number of piperidine rings is 1. The number of hydrogen-bond acceptors (Lipinski definition) is 4. The van der Waals surface area contributed by atoms with Crippen LogP contribution in [0.15, 0.2) is 18.3 Å². The normalized spacial score (nSPS) is 16.2. The Morgan fingerprint density at radius 3 is 2.85 bits per heavy atom. The summed E-state index contributed by atoms with van der Waals surface area (Å²) in [6.45, 7) is 6.40. The van der Waals surface area contributed by atoms with Gasteiger partial charge in [0.05, 0.1) is 0 Å². The highest BCUT2D eigenvalue weighted by atomic mass is 16.1. The van der Waals surface area contributed by atoms with Crippen LogP contribution in [0.1, 0.15) is 30.3 Å². The molecule has 0 saturated carbocycles. The first-order chi connectivity index (χ1) is 9.74. The first-order valence-corrected chi connectivity index (χ1v) is 7.38. The molecule has 2 N–H and O–H groups in total. The van der Waals surface area contributed by atoms with E-state index < -0.39 is 0 Å². The Kier molecular flexibility index (Phi) is 5.35. The van der Waals surface area contributed by atoms with Gasteiger partial charge in [-0.15, -0.1) is 0 Å². The zero-order valence-corrected chi connectivity index (χ0v) is 12.4. The average molecular weight is 276 g/mol. The lowest BCUT2D eigenvalue weighted by molar-refractivity contribution is 0.0958. The second-order valence-corrected chi connectivity index (χ2v) is 5.22. The van der Waals surface area contributed by atoms with E-state index in [-0.39, 0.29) is 5.91 Å². The molecule has 1 saturated heterocycles. The van der Waals surface area contributed by atoms with Crippen LogP contribution in [-0.2, 0) is 0 Å². The predicted molar refractivity (Wildman–Crippen MR) is 81.1 cm³/mol. The fraction of sp³-hybridized carbons (Fsp3) is 0.600. The molecule has 2 heterocycles. The summed E-state index contributed by atoms with van der Waals surface area (Å²) in [6, 6.07) is 3.86. The van der Waals surface area contributed by atoms with Crippen molar-refractivity contribution in [2.45, 2.75) is 19.8 Å². The molecule has 0 aliphatic carbocycles. The molecule has 5 heteroatoms. The van der Waals surface area contributed by atoms with Crippen LogP contribution in [0.2, 0.25) is 0 Å². The third-order valence-electron chi connectivity index (χ3n) is 3.87. The van der Waals surface area contributed by atoms with Crippen molar-refractivity contribution >= 4 is 11.6 Å². The van der Waals surface area contributed by atoms with E-state index in [1.54, 1.807) is 13.2 Å². The second-order valence-electron chi connectivity index (χ2n) is 5.22. The third-order valence-corrected chi connectivity index (χ3v) is 3.87. The minimum Gasteiger partial charge on any atom is -0.371 e. The molecule has 0 unspecified atom stereocenters. The summed E-state index contributed by atoms with van der Waals surface area (Å²) in [5, 5.41) is 6.04. The molecular formula is C15H24N4O. The van der Waals surface area contributed by atoms with E-state index in [0.717, 1.165) is 37.8 Å². The molecule has 5 nitrogen and oxygen atoms in total. The largest absolute Gasteiger partial charge is 0.371 e. The van der Waals surface area contributed by atoms with Gasteiger partial charge in [0, 0.05) is 32.0 Å².